The molecule has 1 amide bonds. The van der Waals surface area contributed by atoms with Crippen LogP contribution in [0, 0.1) is 11.6 Å². The molecule has 2 atom stereocenters. The summed E-state index contributed by atoms with van der Waals surface area (Å²) in [4.78, 5) is 12.9. The highest BCUT2D eigenvalue weighted by Crippen LogP contribution is 2.23. The third-order valence-electron chi connectivity index (χ3n) is 2.73. The number of halogens is 3. The molecule has 0 spiro atoms. The van der Waals surface area contributed by atoms with Crippen molar-refractivity contribution < 1.29 is 13.6 Å². The summed E-state index contributed by atoms with van der Waals surface area (Å²) in [5.41, 5.74) is 5.60. The molecular weight excluding hydrogens is 262 g/mol. The second-order valence-electron chi connectivity index (χ2n) is 4.08. The van der Waals surface area contributed by atoms with Crippen molar-refractivity contribution in [2.45, 2.75) is 25.9 Å². The molecule has 0 heterocycles. The van der Waals surface area contributed by atoms with Crippen LogP contribution in [-0.2, 0) is 4.79 Å². The van der Waals surface area contributed by atoms with Gasteiger partial charge in [-0.15, -0.1) is 12.4 Å². The van der Waals surface area contributed by atoms with Crippen LogP contribution in [0.25, 0.3) is 0 Å². The fraction of sp³-hybridized carbons (Fsp3) is 0.417. The fourth-order valence-electron chi connectivity index (χ4n) is 1.56. The van der Waals surface area contributed by atoms with Gasteiger partial charge in [0.1, 0.15) is 11.6 Å². The summed E-state index contributed by atoms with van der Waals surface area (Å²) in [6.07, 6.45) is 0. The Hall–Kier alpha value is -1.20. The van der Waals surface area contributed by atoms with Crippen LogP contribution in [0.5, 0.6) is 0 Å². The van der Waals surface area contributed by atoms with Crippen molar-refractivity contribution in [3.63, 3.8) is 0 Å². The number of hydrogen-bond donors (Lipinski definition) is 1. The zero-order valence-corrected chi connectivity index (χ0v) is 11.3. The molecule has 0 saturated heterocycles. The van der Waals surface area contributed by atoms with E-state index in [1.165, 1.54) is 11.9 Å². The lowest BCUT2D eigenvalue weighted by Crippen LogP contribution is -2.41. The van der Waals surface area contributed by atoms with Gasteiger partial charge in [0.15, 0.2) is 0 Å². The first-order valence-corrected chi connectivity index (χ1v) is 5.31. The molecule has 1 aromatic rings. The van der Waals surface area contributed by atoms with Crippen molar-refractivity contribution in [3.8, 4) is 0 Å². The molecule has 0 aliphatic rings. The van der Waals surface area contributed by atoms with E-state index in [0.29, 0.717) is 0 Å². The minimum atomic E-state index is -0.668. The Labute approximate surface area is 111 Å². The molecule has 1 rings (SSSR count). The van der Waals surface area contributed by atoms with Crippen LogP contribution in [0.4, 0.5) is 8.78 Å². The van der Waals surface area contributed by atoms with Gasteiger partial charge in [-0.25, -0.2) is 8.78 Å². The maximum absolute atomic E-state index is 13.5. The van der Waals surface area contributed by atoms with Crippen molar-refractivity contribution in [2.75, 3.05) is 7.05 Å². The maximum Gasteiger partial charge on any atom is 0.239 e. The van der Waals surface area contributed by atoms with Gasteiger partial charge in [-0.2, -0.15) is 0 Å². The standard InChI is InChI=1S/C12H16F2N2O.ClH/c1-7(15)12(17)16(3)8(2)10-6-9(13)4-5-11(10)14;/h4-8H,15H2,1-3H3;1H/t7-,8?;/m1./s1. The topological polar surface area (TPSA) is 46.3 Å². The fourth-order valence-corrected chi connectivity index (χ4v) is 1.56. The van der Waals surface area contributed by atoms with E-state index in [-0.39, 0.29) is 23.9 Å². The quantitative estimate of drug-likeness (QED) is 0.922. The van der Waals surface area contributed by atoms with Gasteiger partial charge in [0.2, 0.25) is 5.91 Å². The van der Waals surface area contributed by atoms with Crippen LogP contribution in [0.15, 0.2) is 18.2 Å². The maximum atomic E-state index is 13.5. The number of carbonyl (C=O) groups is 1. The number of benzene rings is 1. The molecule has 0 saturated carbocycles. The second-order valence-corrected chi connectivity index (χ2v) is 4.08. The number of hydrogen-bond acceptors (Lipinski definition) is 2. The molecule has 0 fully saturated rings. The molecule has 1 unspecified atom stereocenters. The highest BCUT2D eigenvalue weighted by atomic mass is 35.5. The van der Waals surface area contributed by atoms with Gasteiger partial charge in [-0.05, 0) is 32.0 Å². The highest BCUT2D eigenvalue weighted by Gasteiger charge is 2.22. The van der Waals surface area contributed by atoms with E-state index in [4.69, 9.17) is 5.73 Å². The number of nitrogens with zero attached hydrogens (tertiary/aromatic N) is 1. The molecule has 18 heavy (non-hydrogen) atoms. The van der Waals surface area contributed by atoms with E-state index in [1.807, 2.05) is 0 Å². The lowest BCUT2D eigenvalue weighted by atomic mass is 10.1. The summed E-state index contributed by atoms with van der Waals surface area (Å²) < 4.78 is 26.5. The molecule has 0 aliphatic heterocycles. The average molecular weight is 279 g/mol. The number of nitrogens with two attached hydrogens (primary N) is 1. The number of rotatable bonds is 3. The zero-order chi connectivity index (χ0) is 13.2. The SMILES string of the molecule is CC(c1cc(F)ccc1F)N(C)C(=O)[C@@H](C)N.Cl. The smallest absolute Gasteiger partial charge is 0.239 e. The molecular formula is C12H17ClF2N2O. The first kappa shape index (κ1) is 16.8. The van der Waals surface area contributed by atoms with Gasteiger partial charge in [-0.3, -0.25) is 4.79 Å². The van der Waals surface area contributed by atoms with Crippen molar-refractivity contribution in [2.24, 2.45) is 5.73 Å². The Bertz CT molecular complexity index is 427. The van der Waals surface area contributed by atoms with Crippen molar-refractivity contribution >= 4 is 18.3 Å². The summed E-state index contributed by atoms with van der Waals surface area (Å²) in [5, 5.41) is 0. The third kappa shape index (κ3) is 3.65. The lowest BCUT2D eigenvalue weighted by molar-refractivity contribution is -0.132. The van der Waals surface area contributed by atoms with Gasteiger partial charge >= 0.3 is 0 Å². The molecule has 3 nitrogen and oxygen atoms in total. The van der Waals surface area contributed by atoms with Crippen LogP contribution in [-0.4, -0.2) is 23.9 Å². The Morgan fingerprint density at radius 3 is 2.39 bits per heavy atom. The van der Waals surface area contributed by atoms with E-state index in [0.717, 1.165) is 18.2 Å². The Morgan fingerprint density at radius 2 is 1.89 bits per heavy atom. The van der Waals surface area contributed by atoms with E-state index in [2.05, 4.69) is 0 Å². The molecule has 0 aliphatic carbocycles. The Morgan fingerprint density at radius 1 is 1.33 bits per heavy atom. The molecule has 0 bridgehead atoms. The number of likely N-dealkylation sites (N-methyl/N-ethyl adjacent to an activating group) is 1. The van der Waals surface area contributed by atoms with Crippen molar-refractivity contribution in [3.05, 3.63) is 35.4 Å². The number of amides is 1. The van der Waals surface area contributed by atoms with Crippen molar-refractivity contribution in [1.29, 1.82) is 0 Å². The summed E-state index contributed by atoms with van der Waals surface area (Å²) in [7, 11) is 1.51. The van der Waals surface area contributed by atoms with E-state index >= 15 is 0 Å². The minimum Gasteiger partial charge on any atom is -0.338 e. The summed E-state index contributed by atoms with van der Waals surface area (Å²) >= 11 is 0. The number of carbonyl (C=O) groups excluding carboxylic acids is 1. The molecule has 2 N–H and O–H groups in total. The molecule has 6 heteroatoms. The third-order valence-corrected chi connectivity index (χ3v) is 2.73. The summed E-state index contributed by atoms with van der Waals surface area (Å²) in [6, 6.07) is 1.94. The summed E-state index contributed by atoms with van der Waals surface area (Å²) in [5.74, 6) is -1.39. The second kappa shape index (κ2) is 6.66. The first-order chi connectivity index (χ1) is 7.84. The van der Waals surface area contributed by atoms with Crippen LogP contribution in [0.3, 0.4) is 0 Å². The molecule has 0 radical (unpaired) electrons. The Kier molecular flexibility index (Phi) is 6.21. The predicted octanol–water partition coefficient (Wildman–Crippen LogP) is 2.25. The van der Waals surface area contributed by atoms with Gasteiger partial charge in [0.05, 0.1) is 12.1 Å². The average Bonchev–Trinajstić information content (AvgIpc) is 2.29. The largest absolute Gasteiger partial charge is 0.338 e. The molecule has 102 valence electrons. The van der Waals surface area contributed by atoms with Crippen molar-refractivity contribution in [1.82, 2.24) is 4.90 Å². The normalized spacial score (nSPS) is 13.4. The van der Waals surface area contributed by atoms with E-state index in [9.17, 15) is 13.6 Å². The van der Waals surface area contributed by atoms with Crippen LogP contribution >= 0.6 is 12.4 Å². The van der Waals surface area contributed by atoms with Gasteiger partial charge in [0.25, 0.3) is 0 Å². The minimum absolute atomic E-state index is 0. The van der Waals surface area contributed by atoms with Crippen LogP contribution in [0.1, 0.15) is 25.5 Å². The lowest BCUT2D eigenvalue weighted by Gasteiger charge is -2.27. The van der Waals surface area contributed by atoms with Gasteiger partial charge < -0.3 is 10.6 Å². The van der Waals surface area contributed by atoms with Crippen LogP contribution in [0.2, 0.25) is 0 Å². The van der Waals surface area contributed by atoms with Gasteiger partial charge in [0, 0.05) is 12.6 Å². The highest BCUT2D eigenvalue weighted by molar-refractivity contribution is 5.85. The monoisotopic (exact) mass is 278 g/mol. The predicted molar refractivity (Wildman–Crippen MR) is 68.4 cm³/mol. The van der Waals surface area contributed by atoms with Gasteiger partial charge in [-0.1, -0.05) is 0 Å². The van der Waals surface area contributed by atoms with Crippen LogP contribution < -0.4 is 5.73 Å². The first-order valence-electron chi connectivity index (χ1n) is 5.31. The Balaban J connectivity index is 0.00000289. The van der Waals surface area contributed by atoms with E-state index in [1.54, 1.807) is 13.8 Å². The summed E-state index contributed by atoms with van der Waals surface area (Å²) in [6.45, 7) is 3.17. The zero-order valence-electron chi connectivity index (χ0n) is 10.5. The molecule has 0 aromatic heterocycles. The molecule has 1 aromatic carbocycles. The van der Waals surface area contributed by atoms with E-state index < -0.39 is 23.7 Å².